The number of halogens is 1. The topological polar surface area (TPSA) is 0 Å². The van der Waals surface area contributed by atoms with Gasteiger partial charge < -0.3 is 0 Å². The van der Waals surface area contributed by atoms with Gasteiger partial charge in [0.15, 0.2) is 0 Å². The van der Waals surface area contributed by atoms with Crippen molar-refractivity contribution in [3.63, 3.8) is 0 Å². The predicted molar refractivity (Wildman–Crippen MR) is 34.8 cm³/mol. The standard InChI is InChI=1S/C6H11Cl/c1-3-4-6(2)5-7/h4H,3,5H2,1-2H3. The summed E-state index contributed by atoms with van der Waals surface area (Å²) in [4.78, 5) is 0. The second kappa shape index (κ2) is 4.20. The molecule has 0 radical (unpaired) electrons. The maximum Gasteiger partial charge on any atom is 0.0430 e. The SMILES string of the molecule is CCC=C(C)CCl. The number of hydrogen-bond acceptors (Lipinski definition) is 0. The molecule has 0 unspecified atom stereocenters. The molecule has 0 amide bonds. The summed E-state index contributed by atoms with van der Waals surface area (Å²) in [6, 6.07) is 0. The Morgan fingerprint density at radius 1 is 1.71 bits per heavy atom. The Kier molecular flexibility index (Phi) is 4.21. The molecule has 7 heavy (non-hydrogen) atoms. The van der Waals surface area contributed by atoms with Gasteiger partial charge >= 0.3 is 0 Å². The second-order valence-corrected chi connectivity index (χ2v) is 1.86. The average molecular weight is 119 g/mol. The van der Waals surface area contributed by atoms with Crippen LogP contribution in [-0.4, -0.2) is 5.88 Å². The third-order valence-electron chi connectivity index (χ3n) is 0.763. The molecule has 0 saturated carbocycles. The third kappa shape index (κ3) is 3.87. The van der Waals surface area contributed by atoms with Gasteiger partial charge in [-0.1, -0.05) is 18.6 Å². The maximum atomic E-state index is 5.46. The number of alkyl halides is 1. The summed E-state index contributed by atoms with van der Waals surface area (Å²) in [7, 11) is 0. The van der Waals surface area contributed by atoms with Gasteiger partial charge in [-0.3, -0.25) is 0 Å². The van der Waals surface area contributed by atoms with E-state index in [0.29, 0.717) is 5.88 Å². The molecule has 0 aromatic carbocycles. The summed E-state index contributed by atoms with van der Waals surface area (Å²) in [5, 5.41) is 0. The van der Waals surface area contributed by atoms with E-state index in [1.54, 1.807) is 0 Å². The quantitative estimate of drug-likeness (QED) is 0.386. The zero-order chi connectivity index (χ0) is 5.70. The van der Waals surface area contributed by atoms with E-state index < -0.39 is 0 Å². The normalized spacial score (nSPS) is 12.1. The van der Waals surface area contributed by atoms with Crippen LogP contribution >= 0.6 is 11.6 Å². The lowest BCUT2D eigenvalue weighted by Crippen LogP contribution is -1.72. The first-order chi connectivity index (χ1) is 3.31. The van der Waals surface area contributed by atoms with Gasteiger partial charge in [-0.15, -0.1) is 11.6 Å². The molecule has 0 spiro atoms. The first-order valence-electron chi connectivity index (χ1n) is 2.52. The lowest BCUT2D eigenvalue weighted by atomic mass is 10.3. The molecule has 0 bridgehead atoms. The molecule has 0 fully saturated rings. The van der Waals surface area contributed by atoms with Crippen LogP contribution in [0.1, 0.15) is 20.3 Å². The first-order valence-corrected chi connectivity index (χ1v) is 3.06. The molecule has 0 aromatic rings. The van der Waals surface area contributed by atoms with Crippen molar-refractivity contribution in [1.82, 2.24) is 0 Å². The zero-order valence-electron chi connectivity index (χ0n) is 4.87. The van der Waals surface area contributed by atoms with Crippen molar-refractivity contribution in [3.05, 3.63) is 11.6 Å². The van der Waals surface area contributed by atoms with Gasteiger partial charge in [0.05, 0.1) is 0 Å². The highest BCUT2D eigenvalue weighted by Crippen LogP contribution is 1.95. The van der Waals surface area contributed by atoms with Crippen LogP contribution in [-0.2, 0) is 0 Å². The van der Waals surface area contributed by atoms with E-state index in [0.717, 1.165) is 6.42 Å². The molecular weight excluding hydrogens is 108 g/mol. The van der Waals surface area contributed by atoms with Crippen LogP contribution in [0.3, 0.4) is 0 Å². The summed E-state index contributed by atoms with van der Waals surface area (Å²) in [6.07, 6.45) is 3.23. The van der Waals surface area contributed by atoms with Crippen LogP contribution in [0.15, 0.2) is 11.6 Å². The van der Waals surface area contributed by atoms with Gasteiger partial charge in [0.25, 0.3) is 0 Å². The highest BCUT2D eigenvalue weighted by atomic mass is 35.5. The summed E-state index contributed by atoms with van der Waals surface area (Å²) < 4.78 is 0. The van der Waals surface area contributed by atoms with Gasteiger partial charge in [0, 0.05) is 5.88 Å². The molecule has 0 nitrogen and oxygen atoms in total. The number of allylic oxidation sites excluding steroid dienone is 2. The molecule has 0 saturated heterocycles. The monoisotopic (exact) mass is 118 g/mol. The molecule has 0 rings (SSSR count). The minimum atomic E-state index is 0.674. The molecule has 0 aromatic heterocycles. The number of hydrogen-bond donors (Lipinski definition) is 0. The molecule has 0 N–H and O–H groups in total. The molecule has 0 heterocycles. The summed E-state index contributed by atoms with van der Waals surface area (Å²) in [6.45, 7) is 4.15. The Labute approximate surface area is 50.2 Å². The largest absolute Gasteiger partial charge is 0.122 e. The van der Waals surface area contributed by atoms with E-state index >= 15 is 0 Å². The molecule has 0 atom stereocenters. The van der Waals surface area contributed by atoms with Gasteiger partial charge in [-0.25, -0.2) is 0 Å². The van der Waals surface area contributed by atoms with Crippen molar-refractivity contribution in [2.45, 2.75) is 20.3 Å². The molecule has 42 valence electrons. The van der Waals surface area contributed by atoms with Crippen molar-refractivity contribution < 1.29 is 0 Å². The van der Waals surface area contributed by atoms with Gasteiger partial charge in [0.2, 0.25) is 0 Å². The van der Waals surface area contributed by atoms with E-state index in [9.17, 15) is 0 Å². The van der Waals surface area contributed by atoms with E-state index in [2.05, 4.69) is 13.0 Å². The van der Waals surface area contributed by atoms with Crippen LogP contribution in [0.4, 0.5) is 0 Å². The van der Waals surface area contributed by atoms with Crippen molar-refractivity contribution in [2.75, 3.05) is 5.88 Å². The number of rotatable bonds is 2. The van der Waals surface area contributed by atoms with E-state index in [1.807, 2.05) is 6.92 Å². The molecular formula is C6H11Cl. The van der Waals surface area contributed by atoms with E-state index in [-0.39, 0.29) is 0 Å². The first kappa shape index (κ1) is 7.03. The van der Waals surface area contributed by atoms with Gasteiger partial charge in [-0.2, -0.15) is 0 Å². The van der Waals surface area contributed by atoms with Gasteiger partial charge in [0.1, 0.15) is 0 Å². The van der Waals surface area contributed by atoms with Crippen LogP contribution in [0.25, 0.3) is 0 Å². The minimum absolute atomic E-state index is 0.674. The molecule has 1 heteroatoms. The van der Waals surface area contributed by atoms with Crippen LogP contribution in [0, 0.1) is 0 Å². The fourth-order valence-corrected chi connectivity index (χ4v) is 0.512. The maximum absolute atomic E-state index is 5.46. The Morgan fingerprint density at radius 3 is 2.43 bits per heavy atom. The molecule has 0 aliphatic carbocycles. The lowest BCUT2D eigenvalue weighted by Gasteiger charge is -1.86. The van der Waals surface area contributed by atoms with Crippen molar-refractivity contribution in [3.8, 4) is 0 Å². The van der Waals surface area contributed by atoms with Crippen LogP contribution < -0.4 is 0 Å². The predicted octanol–water partition coefficient (Wildman–Crippen LogP) is 2.58. The van der Waals surface area contributed by atoms with E-state index in [1.165, 1.54) is 5.57 Å². The van der Waals surface area contributed by atoms with E-state index in [4.69, 9.17) is 11.6 Å². The minimum Gasteiger partial charge on any atom is -0.122 e. The Hall–Kier alpha value is 0.0300. The van der Waals surface area contributed by atoms with Crippen molar-refractivity contribution in [2.24, 2.45) is 0 Å². The molecule has 0 aliphatic heterocycles. The van der Waals surface area contributed by atoms with Crippen molar-refractivity contribution in [1.29, 1.82) is 0 Å². The van der Waals surface area contributed by atoms with Crippen LogP contribution in [0.2, 0.25) is 0 Å². The second-order valence-electron chi connectivity index (χ2n) is 1.59. The fourth-order valence-electron chi connectivity index (χ4n) is 0.403. The highest BCUT2D eigenvalue weighted by Gasteiger charge is 1.78. The summed E-state index contributed by atoms with van der Waals surface area (Å²) in [5.41, 5.74) is 1.27. The Balaban J connectivity index is 3.29. The Morgan fingerprint density at radius 2 is 2.29 bits per heavy atom. The van der Waals surface area contributed by atoms with Crippen molar-refractivity contribution >= 4 is 11.6 Å². The fraction of sp³-hybridized carbons (Fsp3) is 0.667. The van der Waals surface area contributed by atoms with Crippen LogP contribution in [0.5, 0.6) is 0 Å². The summed E-state index contributed by atoms with van der Waals surface area (Å²) >= 11 is 5.46. The highest BCUT2D eigenvalue weighted by molar-refractivity contribution is 6.19. The molecule has 0 aliphatic rings. The average Bonchev–Trinajstić information content (AvgIpc) is 1.68. The Bertz CT molecular complexity index is 64.6. The summed E-state index contributed by atoms with van der Waals surface area (Å²) in [5.74, 6) is 0.674. The third-order valence-corrected chi connectivity index (χ3v) is 1.18. The zero-order valence-corrected chi connectivity index (χ0v) is 5.63. The smallest absolute Gasteiger partial charge is 0.0430 e. The lowest BCUT2D eigenvalue weighted by molar-refractivity contribution is 1.18. The van der Waals surface area contributed by atoms with Gasteiger partial charge in [-0.05, 0) is 13.3 Å².